The van der Waals surface area contributed by atoms with Gasteiger partial charge in [0.2, 0.25) is 0 Å². The predicted molar refractivity (Wildman–Crippen MR) is 138 cm³/mol. The third-order valence-electron chi connectivity index (χ3n) is 5.38. The molecule has 0 aliphatic carbocycles. The lowest BCUT2D eigenvalue weighted by Gasteiger charge is -2.06. The van der Waals surface area contributed by atoms with Gasteiger partial charge in [-0.05, 0) is 66.1 Å². The van der Waals surface area contributed by atoms with Crippen LogP contribution in [0.5, 0.6) is 0 Å². The number of alkyl halides is 3. The lowest BCUT2D eigenvalue weighted by molar-refractivity contribution is -0.192. The number of fused-ring (bicyclic) bond motifs is 1. The summed E-state index contributed by atoms with van der Waals surface area (Å²) in [7, 11) is 0. The molecule has 0 atom stereocenters. The Kier molecular flexibility index (Phi) is 8.32. The van der Waals surface area contributed by atoms with Crippen molar-refractivity contribution in [3.8, 4) is 21.1 Å². The smallest absolute Gasteiger partial charge is 0.475 e. The molecule has 0 bridgehead atoms. The second-order valence-corrected chi connectivity index (χ2v) is 9.13. The number of carbonyl (C=O) groups is 1. The normalized spacial score (nSPS) is 11.2. The van der Waals surface area contributed by atoms with E-state index < -0.39 is 12.1 Å². The van der Waals surface area contributed by atoms with Crippen molar-refractivity contribution in [2.45, 2.75) is 19.1 Å². The van der Waals surface area contributed by atoms with Gasteiger partial charge in [0.25, 0.3) is 0 Å². The standard InChI is InChI=1S/C25H22N4S.C2HF3O2/c1-2-4-22-21(3-1)28-25(29-22)24-10-9-23(30-24)20-7-5-19(6-8-20)17-27-16-13-18-11-14-26-15-12-18;3-2(4,5)1(6)7/h1-12,14-15,27H,13,16-17H2,(H,28,29);(H,6,7). The predicted octanol–water partition coefficient (Wildman–Crippen LogP) is 6.32. The minimum atomic E-state index is -5.08. The van der Waals surface area contributed by atoms with Gasteiger partial charge in [0.1, 0.15) is 5.82 Å². The maximum atomic E-state index is 10.6. The molecule has 5 aromatic rings. The van der Waals surface area contributed by atoms with Crippen LogP contribution in [0.2, 0.25) is 0 Å². The Labute approximate surface area is 214 Å². The fourth-order valence-electron chi connectivity index (χ4n) is 3.49. The van der Waals surface area contributed by atoms with Crippen molar-refractivity contribution in [1.82, 2.24) is 20.3 Å². The van der Waals surface area contributed by atoms with Gasteiger partial charge in [-0.3, -0.25) is 4.98 Å². The third kappa shape index (κ3) is 7.25. The van der Waals surface area contributed by atoms with E-state index in [1.165, 1.54) is 21.6 Å². The molecule has 190 valence electrons. The molecule has 0 unspecified atom stereocenters. The number of thiophene rings is 1. The molecule has 0 amide bonds. The highest BCUT2D eigenvalue weighted by Crippen LogP contribution is 2.34. The van der Waals surface area contributed by atoms with Crippen LogP contribution in [-0.4, -0.2) is 38.7 Å². The van der Waals surface area contributed by atoms with E-state index in [0.29, 0.717) is 0 Å². The molecule has 37 heavy (non-hydrogen) atoms. The molecule has 5 rings (SSSR count). The van der Waals surface area contributed by atoms with Crippen LogP contribution in [0.1, 0.15) is 11.1 Å². The van der Waals surface area contributed by atoms with E-state index >= 15 is 0 Å². The van der Waals surface area contributed by atoms with Crippen LogP contribution in [-0.2, 0) is 17.8 Å². The topological polar surface area (TPSA) is 90.9 Å². The average Bonchev–Trinajstić information content (AvgIpc) is 3.55. The number of para-hydroxylation sites is 2. The SMILES string of the molecule is O=C(O)C(F)(F)F.c1ccc2[nH]c(-c3ccc(-c4ccc(CNCCc5ccncc5)cc4)s3)nc2c1. The number of aromatic amines is 1. The van der Waals surface area contributed by atoms with Gasteiger partial charge in [-0.15, -0.1) is 11.3 Å². The van der Waals surface area contributed by atoms with Crippen molar-refractivity contribution < 1.29 is 23.1 Å². The Morgan fingerprint density at radius 2 is 1.59 bits per heavy atom. The molecule has 2 aromatic carbocycles. The molecule has 3 aromatic heterocycles. The largest absolute Gasteiger partial charge is 0.490 e. The van der Waals surface area contributed by atoms with Crippen molar-refractivity contribution in [2.75, 3.05) is 6.54 Å². The monoisotopic (exact) mass is 524 g/mol. The molecular weight excluding hydrogens is 501 g/mol. The number of benzene rings is 2. The zero-order chi connectivity index (χ0) is 26.3. The summed E-state index contributed by atoms with van der Waals surface area (Å²) in [5, 5.41) is 10.6. The molecule has 0 aliphatic rings. The first kappa shape index (κ1) is 26.1. The highest BCUT2D eigenvalue weighted by molar-refractivity contribution is 7.18. The third-order valence-corrected chi connectivity index (χ3v) is 6.52. The first-order valence-electron chi connectivity index (χ1n) is 11.3. The summed E-state index contributed by atoms with van der Waals surface area (Å²) < 4.78 is 31.7. The van der Waals surface area contributed by atoms with Gasteiger partial charge < -0.3 is 15.4 Å². The molecule has 3 heterocycles. The number of halogens is 3. The minimum Gasteiger partial charge on any atom is -0.475 e. The first-order valence-corrected chi connectivity index (χ1v) is 12.2. The Balaban J connectivity index is 0.000000405. The molecule has 3 N–H and O–H groups in total. The number of H-pyrrole nitrogens is 1. The zero-order valence-corrected chi connectivity index (χ0v) is 20.3. The van der Waals surface area contributed by atoms with E-state index in [4.69, 9.17) is 14.9 Å². The number of pyridine rings is 1. The quantitative estimate of drug-likeness (QED) is 0.217. The van der Waals surface area contributed by atoms with Gasteiger partial charge in [0.15, 0.2) is 0 Å². The van der Waals surface area contributed by atoms with Gasteiger partial charge in [0.05, 0.1) is 15.9 Å². The number of hydrogen-bond donors (Lipinski definition) is 3. The number of nitrogens with zero attached hydrogens (tertiary/aromatic N) is 2. The molecule has 10 heteroatoms. The summed E-state index contributed by atoms with van der Waals surface area (Å²) in [6, 6.07) is 25.4. The fraction of sp³-hybridized carbons (Fsp3) is 0.148. The second kappa shape index (κ2) is 11.8. The van der Waals surface area contributed by atoms with Gasteiger partial charge in [0, 0.05) is 23.8 Å². The van der Waals surface area contributed by atoms with Crippen LogP contribution in [0.25, 0.3) is 32.2 Å². The van der Waals surface area contributed by atoms with Crippen molar-refractivity contribution in [1.29, 1.82) is 0 Å². The number of carboxylic acids is 1. The minimum absolute atomic E-state index is 0.875. The van der Waals surface area contributed by atoms with Crippen LogP contribution in [0.4, 0.5) is 13.2 Å². The van der Waals surface area contributed by atoms with Crippen LogP contribution < -0.4 is 5.32 Å². The average molecular weight is 525 g/mol. The van der Waals surface area contributed by atoms with E-state index in [1.807, 2.05) is 30.6 Å². The number of nitrogens with one attached hydrogen (secondary N) is 2. The van der Waals surface area contributed by atoms with Crippen molar-refractivity contribution >= 4 is 28.3 Å². The van der Waals surface area contributed by atoms with Gasteiger partial charge in [-0.25, -0.2) is 9.78 Å². The molecule has 0 saturated carbocycles. The van der Waals surface area contributed by atoms with Crippen molar-refractivity contribution in [3.05, 3.63) is 96.3 Å². The summed E-state index contributed by atoms with van der Waals surface area (Å²) >= 11 is 1.76. The van der Waals surface area contributed by atoms with E-state index in [2.05, 4.69) is 69.9 Å². The number of hydrogen-bond acceptors (Lipinski definition) is 5. The molecule has 0 spiro atoms. The molecule has 0 aliphatic heterocycles. The molecule has 0 radical (unpaired) electrons. The number of aliphatic carboxylic acids is 1. The van der Waals surface area contributed by atoms with Crippen LogP contribution in [0.3, 0.4) is 0 Å². The Hall–Kier alpha value is -4.02. The van der Waals surface area contributed by atoms with Crippen LogP contribution in [0.15, 0.2) is 85.2 Å². The Bertz CT molecular complexity index is 1420. The zero-order valence-electron chi connectivity index (χ0n) is 19.5. The summed E-state index contributed by atoms with van der Waals surface area (Å²) in [5.41, 5.74) is 5.92. The van der Waals surface area contributed by atoms with Crippen LogP contribution in [0, 0.1) is 0 Å². The summed E-state index contributed by atoms with van der Waals surface area (Å²) in [6.45, 7) is 1.83. The van der Waals surface area contributed by atoms with Gasteiger partial charge in [-0.2, -0.15) is 13.2 Å². The van der Waals surface area contributed by atoms with E-state index in [1.54, 1.807) is 11.3 Å². The Morgan fingerprint density at radius 3 is 2.27 bits per heavy atom. The second-order valence-electron chi connectivity index (χ2n) is 8.05. The number of aromatic nitrogens is 3. The summed E-state index contributed by atoms with van der Waals surface area (Å²) in [5.74, 6) is -1.82. The lowest BCUT2D eigenvalue weighted by Crippen LogP contribution is -2.21. The van der Waals surface area contributed by atoms with Gasteiger partial charge in [-0.1, -0.05) is 36.4 Å². The van der Waals surface area contributed by atoms with E-state index in [0.717, 1.165) is 41.2 Å². The van der Waals surface area contributed by atoms with Crippen molar-refractivity contribution in [3.63, 3.8) is 0 Å². The summed E-state index contributed by atoms with van der Waals surface area (Å²) in [6.07, 6.45) is -0.378. The molecular formula is C27H23F3N4O2S. The lowest BCUT2D eigenvalue weighted by atomic mass is 10.1. The highest BCUT2D eigenvalue weighted by Gasteiger charge is 2.38. The highest BCUT2D eigenvalue weighted by atomic mass is 32.1. The van der Waals surface area contributed by atoms with Crippen LogP contribution >= 0.6 is 11.3 Å². The number of rotatable bonds is 7. The first-order chi connectivity index (χ1) is 17.8. The maximum Gasteiger partial charge on any atom is 0.490 e. The molecule has 0 saturated heterocycles. The van der Waals surface area contributed by atoms with E-state index in [-0.39, 0.29) is 0 Å². The maximum absolute atomic E-state index is 10.6. The fourth-order valence-corrected chi connectivity index (χ4v) is 4.45. The van der Waals surface area contributed by atoms with Crippen molar-refractivity contribution in [2.24, 2.45) is 0 Å². The van der Waals surface area contributed by atoms with Gasteiger partial charge >= 0.3 is 12.1 Å². The number of imidazole rings is 1. The number of carboxylic acid groups (broad SMARTS) is 1. The summed E-state index contributed by atoms with van der Waals surface area (Å²) in [4.78, 5) is 23.5. The van der Waals surface area contributed by atoms with E-state index in [9.17, 15) is 13.2 Å². The Morgan fingerprint density at radius 1 is 0.919 bits per heavy atom. The molecule has 6 nitrogen and oxygen atoms in total. The molecule has 0 fully saturated rings.